The fourth-order valence-corrected chi connectivity index (χ4v) is 2.25. The van der Waals surface area contributed by atoms with Gasteiger partial charge in [0.05, 0.1) is 6.04 Å². The van der Waals surface area contributed by atoms with Gasteiger partial charge >= 0.3 is 6.18 Å². The number of allylic oxidation sites excluding steroid dienone is 3. The summed E-state index contributed by atoms with van der Waals surface area (Å²) in [6, 6.07) is -0.106. The number of hydrogen-bond donors (Lipinski definition) is 3. The number of aromatic amines is 1. The number of rotatable bonds is 1. The van der Waals surface area contributed by atoms with Crippen molar-refractivity contribution in [3.8, 4) is 0 Å². The zero-order chi connectivity index (χ0) is 14.3. The number of fused-ring (bicyclic) bond motifs is 1. The molecule has 2 heterocycles. The highest BCUT2D eigenvalue weighted by Gasteiger charge is 2.37. The molecule has 1 aromatic rings. The zero-order valence-corrected chi connectivity index (χ0v) is 10.2. The average molecular weight is 280 g/mol. The zero-order valence-electron chi connectivity index (χ0n) is 10.2. The summed E-state index contributed by atoms with van der Waals surface area (Å²) in [6.45, 7) is 0. The summed E-state index contributed by atoms with van der Waals surface area (Å²) in [5.41, 5.74) is 6.66. The molecule has 1 aliphatic carbocycles. The summed E-state index contributed by atoms with van der Waals surface area (Å²) in [7, 11) is 0. The number of hydrogen-bond acceptors (Lipinski definition) is 3. The topological polar surface area (TPSA) is 66.7 Å². The molecule has 1 aliphatic heterocycles. The van der Waals surface area contributed by atoms with Crippen molar-refractivity contribution in [1.82, 2.24) is 15.5 Å². The number of dihydropyridines is 1. The highest BCUT2D eigenvalue weighted by Crippen LogP contribution is 2.35. The van der Waals surface area contributed by atoms with Crippen LogP contribution < -0.4 is 11.1 Å². The van der Waals surface area contributed by atoms with E-state index in [1.165, 1.54) is 6.20 Å². The van der Waals surface area contributed by atoms with Crippen LogP contribution in [-0.4, -0.2) is 16.2 Å². The Morgan fingerprint density at radius 3 is 2.80 bits per heavy atom. The first kappa shape index (κ1) is 12.6. The van der Waals surface area contributed by atoms with Gasteiger partial charge in [-0.2, -0.15) is 18.3 Å². The van der Waals surface area contributed by atoms with Crippen molar-refractivity contribution < 1.29 is 13.2 Å². The number of aromatic nitrogens is 2. The summed E-state index contributed by atoms with van der Waals surface area (Å²) < 4.78 is 38.6. The number of halogens is 3. The molecular weight excluding hydrogens is 269 g/mol. The van der Waals surface area contributed by atoms with Crippen LogP contribution in [-0.2, 0) is 6.18 Å². The molecule has 1 unspecified atom stereocenters. The first-order valence-corrected chi connectivity index (χ1v) is 5.90. The van der Waals surface area contributed by atoms with Gasteiger partial charge in [-0.15, -0.1) is 0 Å². The van der Waals surface area contributed by atoms with Crippen molar-refractivity contribution in [3.63, 3.8) is 0 Å². The summed E-state index contributed by atoms with van der Waals surface area (Å²) in [5.74, 6) is 0. The molecule has 0 saturated heterocycles. The monoisotopic (exact) mass is 280 g/mol. The van der Waals surface area contributed by atoms with E-state index in [4.69, 9.17) is 5.73 Å². The first-order valence-electron chi connectivity index (χ1n) is 5.90. The van der Waals surface area contributed by atoms with E-state index in [2.05, 4.69) is 15.5 Å². The van der Waals surface area contributed by atoms with Gasteiger partial charge in [-0.3, -0.25) is 5.10 Å². The lowest BCUT2D eigenvalue weighted by molar-refractivity contribution is -0.141. The third kappa shape index (κ3) is 2.01. The van der Waals surface area contributed by atoms with Gasteiger partial charge in [0.2, 0.25) is 0 Å². The molecule has 0 amide bonds. The number of nitrogens with two attached hydrogens (primary N) is 1. The van der Waals surface area contributed by atoms with Crippen LogP contribution in [0.25, 0.3) is 5.57 Å². The molecule has 0 spiro atoms. The van der Waals surface area contributed by atoms with Crippen molar-refractivity contribution in [2.45, 2.75) is 12.2 Å². The fourth-order valence-electron chi connectivity index (χ4n) is 2.25. The van der Waals surface area contributed by atoms with Gasteiger partial charge in [-0.05, 0) is 23.9 Å². The third-order valence-corrected chi connectivity index (χ3v) is 3.21. The molecule has 104 valence electrons. The van der Waals surface area contributed by atoms with Crippen molar-refractivity contribution in [2.75, 3.05) is 0 Å². The van der Waals surface area contributed by atoms with Gasteiger partial charge in [-0.1, -0.05) is 12.2 Å². The molecule has 7 heteroatoms. The van der Waals surface area contributed by atoms with Crippen LogP contribution in [0, 0.1) is 0 Å². The van der Waals surface area contributed by atoms with Crippen LogP contribution in [0.1, 0.15) is 11.3 Å². The Morgan fingerprint density at radius 2 is 2.05 bits per heavy atom. The molecule has 0 saturated carbocycles. The Labute approximate surface area is 112 Å². The van der Waals surface area contributed by atoms with Gasteiger partial charge in [0, 0.05) is 23.0 Å². The minimum atomic E-state index is -4.49. The molecule has 0 bridgehead atoms. The summed E-state index contributed by atoms with van der Waals surface area (Å²) in [5, 5.41) is 8.61. The van der Waals surface area contributed by atoms with Gasteiger partial charge < -0.3 is 11.1 Å². The van der Waals surface area contributed by atoms with Crippen molar-refractivity contribution >= 4 is 5.57 Å². The predicted octanol–water partition coefficient (Wildman–Crippen LogP) is 2.08. The van der Waals surface area contributed by atoms with Gasteiger partial charge in [0.1, 0.15) is 0 Å². The molecule has 0 fully saturated rings. The number of H-pyrrole nitrogens is 1. The normalized spacial score (nSPS) is 21.6. The molecular formula is C13H11F3N4. The molecule has 0 aromatic carbocycles. The standard InChI is InChI=1S/C13H11F3N4/c14-13(15,16)12-9(6-19-20-12)7-1-2-11-8(5-7)10(17)3-4-18-11/h1-6,11,18H,17H2,(H,19,20). The Morgan fingerprint density at radius 1 is 1.25 bits per heavy atom. The highest BCUT2D eigenvalue weighted by atomic mass is 19.4. The average Bonchev–Trinajstić information content (AvgIpc) is 2.88. The molecule has 0 radical (unpaired) electrons. The Balaban J connectivity index is 2.07. The van der Waals surface area contributed by atoms with Crippen molar-refractivity contribution in [2.24, 2.45) is 5.73 Å². The number of nitrogens with zero attached hydrogens (tertiary/aromatic N) is 1. The van der Waals surface area contributed by atoms with Gasteiger partial charge in [0.25, 0.3) is 0 Å². The number of alkyl halides is 3. The van der Waals surface area contributed by atoms with Crippen molar-refractivity contribution in [1.29, 1.82) is 0 Å². The second kappa shape index (κ2) is 4.29. The van der Waals surface area contributed by atoms with Crippen LogP contribution in [0.5, 0.6) is 0 Å². The SMILES string of the molecule is NC1=C2C=C(c3c[nH]nc3C(F)(F)F)C=CC2NC=C1. The Kier molecular flexibility index (Phi) is 2.70. The first-order chi connectivity index (χ1) is 9.47. The van der Waals surface area contributed by atoms with Crippen LogP contribution in [0.2, 0.25) is 0 Å². The maximum Gasteiger partial charge on any atom is 0.435 e. The molecule has 2 aliphatic rings. The summed E-state index contributed by atoms with van der Waals surface area (Å²) in [4.78, 5) is 0. The summed E-state index contributed by atoms with van der Waals surface area (Å²) >= 11 is 0. The molecule has 4 nitrogen and oxygen atoms in total. The smallest absolute Gasteiger partial charge is 0.398 e. The van der Waals surface area contributed by atoms with E-state index in [0.29, 0.717) is 11.3 Å². The molecule has 20 heavy (non-hydrogen) atoms. The van der Waals surface area contributed by atoms with E-state index >= 15 is 0 Å². The quantitative estimate of drug-likeness (QED) is 0.738. The molecule has 4 N–H and O–H groups in total. The van der Waals surface area contributed by atoms with Crippen LogP contribution >= 0.6 is 0 Å². The Bertz CT molecular complexity index is 661. The molecule has 3 rings (SSSR count). The van der Waals surface area contributed by atoms with Gasteiger partial charge in [0.15, 0.2) is 5.69 Å². The maximum atomic E-state index is 12.9. The van der Waals surface area contributed by atoms with Crippen molar-refractivity contribution in [3.05, 3.63) is 59.2 Å². The minimum Gasteiger partial charge on any atom is -0.398 e. The van der Waals surface area contributed by atoms with Crippen LogP contribution in [0.15, 0.2) is 48.0 Å². The predicted molar refractivity (Wildman–Crippen MR) is 68.0 cm³/mol. The molecule has 1 aromatic heterocycles. The van der Waals surface area contributed by atoms with E-state index in [-0.39, 0.29) is 11.6 Å². The molecule has 1 atom stereocenters. The van der Waals surface area contributed by atoms with Crippen LogP contribution in [0.4, 0.5) is 13.2 Å². The van der Waals surface area contributed by atoms with E-state index in [9.17, 15) is 13.2 Å². The lowest BCUT2D eigenvalue weighted by atomic mass is 9.91. The number of nitrogens with one attached hydrogen (secondary N) is 2. The second-order valence-corrected chi connectivity index (χ2v) is 4.49. The third-order valence-electron chi connectivity index (χ3n) is 3.21. The largest absolute Gasteiger partial charge is 0.435 e. The van der Waals surface area contributed by atoms with Crippen LogP contribution in [0.3, 0.4) is 0 Å². The van der Waals surface area contributed by atoms with E-state index in [0.717, 1.165) is 5.57 Å². The lowest BCUT2D eigenvalue weighted by Gasteiger charge is -2.24. The van der Waals surface area contributed by atoms with Gasteiger partial charge in [-0.25, -0.2) is 0 Å². The van der Waals surface area contributed by atoms with E-state index in [1.807, 2.05) is 0 Å². The second-order valence-electron chi connectivity index (χ2n) is 4.49. The van der Waals surface area contributed by atoms with E-state index in [1.54, 1.807) is 30.5 Å². The Hall–Kier alpha value is -2.44. The van der Waals surface area contributed by atoms with E-state index < -0.39 is 11.9 Å². The fraction of sp³-hybridized carbons (Fsp3) is 0.154. The minimum absolute atomic E-state index is 0.0158. The summed E-state index contributed by atoms with van der Waals surface area (Å²) in [6.07, 6.45) is 5.19. The maximum absolute atomic E-state index is 12.9. The highest BCUT2D eigenvalue weighted by molar-refractivity contribution is 5.80. The lowest BCUT2D eigenvalue weighted by Crippen LogP contribution is -2.30.